The normalized spacial score (nSPS) is 24.6. The Morgan fingerprint density at radius 3 is 3.09 bits per heavy atom. The molecule has 0 aromatic carbocycles. The van der Waals surface area contributed by atoms with Crippen molar-refractivity contribution in [2.24, 2.45) is 5.92 Å². The van der Waals surface area contributed by atoms with Crippen LogP contribution in [0.3, 0.4) is 0 Å². The molecular formula is C9H10FN. The summed E-state index contributed by atoms with van der Waals surface area (Å²) in [5.41, 5.74) is 0.189. The van der Waals surface area contributed by atoms with E-state index in [2.05, 4.69) is 0 Å². The Hall–Kier alpha value is -1.10. The first-order valence-electron chi connectivity index (χ1n) is 3.71. The second-order valence-corrected chi connectivity index (χ2v) is 2.81. The first kappa shape index (κ1) is 8.00. The molecule has 1 aliphatic carbocycles. The molecule has 1 aliphatic rings. The van der Waals surface area contributed by atoms with Crippen molar-refractivity contribution in [1.82, 2.24) is 0 Å². The zero-order valence-corrected chi connectivity index (χ0v) is 6.47. The standard InChI is InChI=1S/C9H10FN/c1-7-2-4-8(6-11)9(10)5-3-7/h2,4,7H,3,5H2,1H3. The Kier molecular flexibility index (Phi) is 2.43. The highest BCUT2D eigenvalue weighted by molar-refractivity contribution is 5.36. The fourth-order valence-electron chi connectivity index (χ4n) is 1.03. The van der Waals surface area contributed by atoms with Gasteiger partial charge in [-0.25, -0.2) is 4.39 Å². The Bertz CT molecular complexity index is 245. The van der Waals surface area contributed by atoms with Crippen LogP contribution in [0.15, 0.2) is 23.6 Å². The number of nitrogens with zero attached hydrogens (tertiary/aromatic N) is 1. The third-order valence-electron chi connectivity index (χ3n) is 1.82. The van der Waals surface area contributed by atoms with Crippen molar-refractivity contribution in [3.05, 3.63) is 23.6 Å². The van der Waals surface area contributed by atoms with E-state index in [0.717, 1.165) is 6.42 Å². The second-order valence-electron chi connectivity index (χ2n) is 2.81. The molecule has 0 aromatic rings. The van der Waals surface area contributed by atoms with Gasteiger partial charge in [-0.2, -0.15) is 5.26 Å². The van der Waals surface area contributed by atoms with Crippen LogP contribution < -0.4 is 0 Å². The molecule has 0 spiro atoms. The van der Waals surface area contributed by atoms with Crippen LogP contribution in [0.4, 0.5) is 4.39 Å². The molecule has 0 fully saturated rings. The lowest BCUT2D eigenvalue weighted by Crippen LogP contribution is -1.86. The second kappa shape index (κ2) is 3.34. The summed E-state index contributed by atoms with van der Waals surface area (Å²) in [4.78, 5) is 0. The zero-order valence-electron chi connectivity index (χ0n) is 6.47. The van der Waals surface area contributed by atoms with Crippen LogP contribution in [-0.2, 0) is 0 Å². The topological polar surface area (TPSA) is 23.8 Å². The van der Waals surface area contributed by atoms with E-state index in [-0.39, 0.29) is 11.4 Å². The van der Waals surface area contributed by atoms with Gasteiger partial charge in [0.25, 0.3) is 0 Å². The predicted molar refractivity (Wildman–Crippen MR) is 41.3 cm³/mol. The molecule has 1 unspecified atom stereocenters. The quantitative estimate of drug-likeness (QED) is 0.522. The van der Waals surface area contributed by atoms with Gasteiger partial charge in [0.05, 0.1) is 5.57 Å². The van der Waals surface area contributed by atoms with E-state index in [4.69, 9.17) is 5.26 Å². The largest absolute Gasteiger partial charge is 0.210 e. The third kappa shape index (κ3) is 1.91. The highest BCUT2D eigenvalue weighted by Gasteiger charge is 2.09. The molecule has 0 bridgehead atoms. The molecule has 0 heterocycles. The fourth-order valence-corrected chi connectivity index (χ4v) is 1.03. The van der Waals surface area contributed by atoms with Crippen LogP contribution in [0.25, 0.3) is 0 Å². The smallest absolute Gasteiger partial charge is 0.118 e. The van der Waals surface area contributed by atoms with Crippen molar-refractivity contribution in [1.29, 1.82) is 5.26 Å². The van der Waals surface area contributed by atoms with Crippen molar-refractivity contribution in [2.75, 3.05) is 0 Å². The maximum absolute atomic E-state index is 12.9. The Morgan fingerprint density at radius 1 is 1.73 bits per heavy atom. The third-order valence-corrected chi connectivity index (χ3v) is 1.82. The van der Waals surface area contributed by atoms with Crippen molar-refractivity contribution in [2.45, 2.75) is 19.8 Å². The molecule has 0 aliphatic heterocycles. The van der Waals surface area contributed by atoms with Crippen molar-refractivity contribution >= 4 is 0 Å². The number of hydrogen-bond donors (Lipinski definition) is 0. The van der Waals surface area contributed by atoms with Gasteiger partial charge in [-0.3, -0.25) is 0 Å². The lowest BCUT2D eigenvalue weighted by molar-refractivity contribution is 0.540. The molecule has 0 N–H and O–H groups in total. The average Bonchev–Trinajstić information content (AvgIpc) is 2.15. The summed E-state index contributed by atoms with van der Waals surface area (Å²) in [6.07, 6.45) is 4.66. The first-order valence-corrected chi connectivity index (χ1v) is 3.71. The van der Waals surface area contributed by atoms with Gasteiger partial charge in [-0.1, -0.05) is 13.0 Å². The summed E-state index contributed by atoms with van der Waals surface area (Å²) in [6, 6.07) is 1.83. The Morgan fingerprint density at radius 2 is 2.45 bits per heavy atom. The number of hydrogen-bond acceptors (Lipinski definition) is 1. The Balaban J connectivity index is 2.85. The van der Waals surface area contributed by atoms with Crippen LogP contribution in [-0.4, -0.2) is 0 Å². The Labute approximate surface area is 65.8 Å². The van der Waals surface area contributed by atoms with Gasteiger partial charge < -0.3 is 0 Å². The minimum atomic E-state index is -0.270. The van der Waals surface area contributed by atoms with Crippen LogP contribution in [0.1, 0.15) is 19.8 Å². The molecule has 0 saturated carbocycles. The molecule has 58 valence electrons. The maximum atomic E-state index is 12.9. The maximum Gasteiger partial charge on any atom is 0.118 e. The van der Waals surface area contributed by atoms with Crippen LogP contribution in [0.5, 0.6) is 0 Å². The highest BCUT2D eigenvalue weighted by Crippen LogP contribution is 2.22. The van der Waals surface area contributed by atoms with Crippen LogP contribution in [0, 0.1) is 17.2 Å². The van der Waals surface area contributed by atoms with Gasteiger partial charge in [0.15, 0.2) is 0 Å². The molecule has 1 rings (SSSR count). The van der Waals surface area contributed by atoms with Gasteiger partial charge in [0.1, 0.15) is 11.9 Å². The molecule has 0 radical (unpaired) electrons. The zero-order chi connectivity index (χ0) is 8.27. The van der Waals surface area contributed by atoms with Gasteiger partial charge >= 0.3 is 0 Å². The molecule has 1 nitrogen and oxygen atoms in total. The molecule has 1 atom stereocenters. The summed E-state index contributed by atoms with van der Waals surface area (Å²) in [6.45, 7) is 2.02. The van der Waals surface area contributed by atoms with E-state index in [0.29, 0.717) is 12.3 Å². The van der Waals surface area contributed by atoms with E-state index in [9.17, 15) is 4.39 Å². The molecule has 11 heavy (non-hydrogen) atoms. The average molecular weight is 151 g/mol. The number of rotatable bonds is 0. The monoisotopic (exact) mass is 151 g/mol. The fraction of sp³-hybridized carbons (Fsp3) is 0.444. The predicted octanol–water partition coefficient (Wildman–Crippen LogP) is 2.72. The molecule has 2 heteroatoms. The summed E-state index contributed by atoms with van der Waals surface area (Å²) < 4.78 is 12.9. The van der Waals surface area contributed by atoms with Crippen LogP contribution in [0.2, 0.25) is 0 Å². The summed E-state index contributed by atoms with van der Waals surface area (Å²) in [7, 11) is 0. The minimum Gasteiger partial charge on any atom is -0.210 e. The molecule has 0 aromatic heterocycles. The summed E-state index contributed by atoms with van der Waals surface area (Å²) in [5, 5.41) is 8.47. The first-order chi connectivity index (χ1) is 5.24. The highest BCUT2D eigenvalue weighted by atomic mass is 19.1. The van der Waals surface area contributed by atoms with E-state index < -0.39 is 0 Å². The van der Waals surface area contributed by atoms with Crippen molar-refractivity contribution in [3.8, 4) is 6.07 Å². The molecule has 0 saturated heterocycles. The van der Waals surface area contributed by atoms with Crippen molar-refractivity contribution < 1.29 is 4.39 Å². The number of allylic oxidation sites excluding steroid dienone is 4. The van der Waals surface area contributed by atoms with E-state index in [1.54, 1.807) is 6.08 Å². The summed E-state index contributed by atoms with van der Waals surface area (Å²) in [5.74, 6) is 0.111. The van der Waals surface area contributed by atoms with Gasteiger partial charge in [-0.05, 0) is 18.4 Å². The number of nitriles is 1. The lowest BCUT2D eigenvalue weighted by Gasteiger charge is -1.99. The van der Waals surface area contributed by atoms with Gasteiger partial charge in [0, 0.05) is 6.42 Å². The lowest BCUT2D eigenvalue weighted by atomic mass is 10.1. The molecule has 0 amide bonds. The number of halogens is 1. The van der Waals surface area contributed by atoms with Crippen LogP contribution >= 0.6 is 0 Å². The van der Waals surface area contributed by atoms with E-state index in [1.165, 1.54) is 0 Å². The van der Waals surface area contributed by atoms with E-state index >= 15 is 0 Å². The molecular weight excluding hydrogens is 141 g/mol. The van der Waals surface area contributed by atoms with E-state index in [1.807, 2.05) is 19.1 Å². The van der Waals surface area contributed by atoms with Gasteiger partial charge in [0.2, 0.25) is 0 Å². The SMILES string of the molecule is CC1C=CC(C#N)=C(F)CC1. The summed E-state index contributed by atoms with van der Waals surface area (Å²) >= 11 is 0. The van der Waals surface area contributed by atoms with Crippen molar-refractivity contribution in [3.63, 3.8) is 0 Å². The minimum absolute atomic E-state index is 0.189. The van der Waals surface area contributed by atoms with Gasteiger partial charge in [-0.15, -0.1) is 0 Å².